The molecule has 2 aliphatic heterocycles. The van der Waals surface area contributed by atoms with Crippen LogP contribution in [0.15, 0.2) is 36.4 Å². The van der Waals surface area contributed by atoms with Crippen LogP contribution < -0.4 is 9.47 Å². The molecular weight excluding hydrogens is 377 g/mol. The fourth-order valence-electron chi connectivity index (χ4n) is 3.73. The van der Waals surface area contributed by atoms with Crippen LogP contribution in [-0.4, -0.2) is 35.4 Å². The van der Waals surface area contributed by atoms with Crippen LogP contribution in [0.5, 0.6) is 11.5 Å². The molecule has 136 valence electrons. The van der Waals surface area contributed by atoms with Crippen molar-refractivity contribution in [2.75, 3.05) is 13.3 Å². The minimum atomic E-state index is -0.827. The number of halogens is 2. The van der Waals surface area contributed by atoms with Crippen LogP contribution in [0.2, 0.25) is 10.0 Å². The van der Waals surface area contributed by atoms with Crippen molar-refractivity contribution in [2.24, 2.45) is 0 Å². The number of rotatable bonds is 4. The zero-order valence-electron chi connectivity index (χ0n) is 13.8. The molecule has 0 radical (unpaired) electrons. The number of hydrogen-bond acceptors (Lipinski definition) is 4. The lowest BCUT2D eigenvalue weighted by molar-refractivity contribution is -0.142. The van der Waals surface area contributed by atoms with Crippen LogP contribution in [0.25, 0.3) is 0 Å². The fraction of sp³-hybridized carbons (Fsp3) is 0.316. The first kappa shape index (κ1) is 17.5. The topological polar surface area (TPSA) is 59.0 Å². The molecule has 0 aromatic heterocycles. The summed E-state index contributed by atoms with van der Waals surface area (Å²) in [6.45, 7) is 0.849. The summed E-state index contributed by atoms with van der Waals surface area (Å²) in [5.41, 5.74) is 1.68. The van der Waals surface area contributed by atoms with Gasteiger partial charge in [-0.3, -0.25) is 9.69 Å². The van der Waals surface area contributed by atoms with E-state index >= 15 is 0 Å². The molecule has 1 fully saturated rings. The summed E-state index contributed by atoms with van der Waals surface area (Å²) in [5.74, 6) is 0.504. The molecule has 2 aliphatic rings. The Morgan fingerprint density at radius 2 is 2.00 bits per heavy atom. The monoisotopic (exact) mass is 393 g/mol. The molecule has 2 atom stereocenters. The maximum absolute atomic E-state index is 11.8. The van der Waals surface area contributed by atoms with E-state index in [9.17, 15) is 9.90 Å². The zero-order chi connectivity index (χ0) is 18.3. The molecule has 5 nitrogen and oxygen atoms in total. The molecule has 2 heterocycles. The van der Waals surface area contributed by atoms with E-state index in [0.29, 0.717) is 34.5 Å². The maximum atomic E-state index is 11.8. The van der Waals surface area contributed by atoms with Crippen molar-refractivity contribution < 1.29 is 19.4 Å². The van der Waals surface area contributed by atoms with E-state index in [4.69, 9.17) is 32.7 Å². The van der Waals surface area contributed by atoms with Crippen molar-refractivity contribution in [2.45, 2.75) is 24.9 Å². The smallest absolute Gasteiger partial charge is 0.320 e. The van der Waals surface area contributed by atoms with Crippen molar-refractivity contribution in [3.63, 3.8) is 0 Å². The van der Waals surface area contributed by atoms with Gasteiger partial charge in [-0.1, -0.05) is 41.4 Å². The predicted molar refractivity (Wildman–Crippen MR) is 98.2 cm³/mol. The molecule has 1 N–H and O–H groups in total. The summed E-state index contributed by atoms with van der Waals surface area (Å²) in [6, 6.07) is 10.2. The third kappa shape index (κ3) is 3.00. The van der Waals surface area contributed by atoms with Crippen LogP contribution in [0.1, 0.15) is 30.0 Å². The van der Waals surface area contributed by atoms with Gasteiger partial charge in [0.25, 0.3) is 0 Å². The molecule has 0 saturated carbocycles. The van der Waals surface area contributed by atoms with Crippen LogP contribution in [-0.2, 0) is 4.79 Å². The Labute approximate surface area is 161 Å². The van der Waals surface area contributed by atoms with Crippen molar-refractivity contribution in [3.05, 3.63) is 57.6 Å². The number of carboxylic acids is 1. The Bertz CT molecular complexity index is 857. The number of ether oxygens (including phenoxy) is 2. The number of nitrogens with zero attached hydrogens (tertiary/aromatic N) is 1. The number of likely N-dealkylation sites (tertiary alicyclic amines) is 1. The van der Waals surface area contributed by atoms with E-state index in [1.54, 1.807) is 6.07 Å². The molecule has 2 aromatic rings. The Kier molecular flexibility index (Phi) is 4.69. The molecule has 0 bridgehead atoms. The van der Waals surface area contributed by atoms with Gasteiger partial charge in [0.15, 0.2) is 11.5 Å². The summed E-state index contributed by atoms with van der Waals surface area (Å²) < 4.78 is 10.9. The van der Waals surface area contributed by atoms with Crippen molar-refractivity contribution in [1.82, 2.24) is 4.90 Å². The minimum Gasteiger partial charge on any atom is -0.480 e. The highest BCUT2D eigenvalue weighted by Gasteiger charge is 2.38. The highest BCUT2D eigenvalue weighted by Crippen LogP contribution is 2.43. The van der Waals surface area contributed by atoms with Gasteiger partial charge in [0, 0.05) is 6.54 Å². The fourth-order valence-corrected chi connectivity index (χ4v) is 4.14. The first-order valence-electron chi connectivity index (χ1n) is 8.38. The van der Waals surface area contributed by atoms with Crippen molar-refractivity contribution >= 4 is 29.2 Å². The number of aliphatic carboxylic acids is 1. The highest BCUT2D eigenvalue weighted by molar-refractivity contribution is 6.42. The van der Waals surface area contributed by atoms with Gasteiger partial charge in [0.1, 0.15) is 6.04 Å². The summed E-state index contributed by atoms with van der Waals surface area (Å²) in [7, 11) is 0. The molecule has 1 saturated heterocycles. The van der Waals surface area contributed by atoms with Gasteiger partial charge in [0.05, 0.1) is 16.1 Å². The lowest BCUT2D eigenvalue weighted by atomic mass is 9.95. The molecule has 7 heteroatoms. The standard InChI is InChI=1S/C19H17Cl2NO4/c20-13-4-1-3-12(17(13)21)18(22-8-2-5-14(22)19(23)24)11-6-7-15-16(9-11)26-10-25-15/h1,3-4,6-7,9,14,18H,2,5,8,10H2,(H,23,24). The van der Waals surface area contributed by atoms with E-state index in [2.05, 4.69) is 0 Å². The van der Waals surface area contributed by atoms with Gasteiger partial charge in [0.2, 0.25) is 6.79 Å². The van der Waals surface area contributed by atoms with Crippen LogP contribution in [0.3, 0.4) is 0 Å². The number of carbonyl (C=O) groups is 1. The Balaban J connectivity index is 1.84. The molecule has 26 heavy (non-hydrogen) atoms. The average molecular weight is 394 g/mol. The van der Waals surface area contributed by atoms with Gasteiger partial charge in [-0.25, -0.2) is 0 Å². The summed E-state index contributed by atoms with van der Waals surface area (Å²) in [5, 5.41) is 10.5. The summed E-state index contributed by atoms with van der Waals surface area (Å²) in [6.07, 6.45) is 1.42. The predicted octanol–water partition coefficient (Wildman–Crippen LogP) is 4.36. The van der Waals surface area contributed by atoms with Gasteiger partial charge < -0.3 is 14.6 Å². The first-order valence-corrected chi connectivity index (χ1v) is 9.14. The molecule has 2 unspecified atom stereocenters. The third-order valence-corrected chi connectivity index (χ3v) is 5.73. The Morgan fingerprint density at radius 1 is 1.19 bits per heavy atom. The first-order chi connectivity index (χ1) is 12.6. The molecule has 0 amide bonds. The molecule has 4 rings (SSSR count). The van der Waals surface area contributed by atoms with Crippen molar-refractivity contribution in [1.29, 1.82) is 0 Å². The van der Waals surface area contributed by atoms with Gasteiger partial charge in [-0.15, -0.1) is 0 Å². The SMILES string of the molecule is O=C(O)C1CCCN1C(c1ccc2c(c1)OCO2)c1cccc(Cl)c1Cl. The highest BCUT2D eigenvalue weighted by atomic mass is 35.5. The maximum Gasteiger partial charge on any atom is 0.320 e. The van der Waals surface area contributed by atoms with E-state index in [-0.39, 0.29) is 12.8 Å². The second-order valence-corrected chi connectivity index (χ2v) is 7.18. The van der Waals surface area contributed by atoms with E-state index in [1.807, 2.05) is 35.2 Å². The average Bonchev–Trinajstić information content (AvgIpc) is 3.28. The lowest BCUT2D eigenvalue weighted by Crippen LogP contribution is -2.39. The molecular formula is C19H17Cl2NO4. The van der Waals surface area contributed by atoms with E-state index in [0.717, 1.165) is 17.5 Å². The summed E-state index contributed by atoms with van der Waals surface area (Å²) >= 11 is 12.7. The summed E-state index contributed by atoms with van der Waals surface area (Å²) in [4.78, 5) is 13.7. The number of carboxylic acid groups (broad SMARTS) is 1. The minimum absolute atomic E-state index is 0.183. The second kappa shape index (κ2) is 6.99. The van der Waals surface area contributed by atoms with Gasteiger partial charge in [-0.2, -0.15) is 0 Å². The van der Waals surface area contributed by atoms with Crippen LogP contribution >= 0.6 is 23.2 Å². The van der Waals surface area contributed by atoms with Crippen molar-refractivity contribution in [3.8, 4) is 11.5 Å². The molecule has 2 aromatic carbocycles. The largest absolute Gasteiger partial charge is 0.480 e. The van der Waals surface area contributed by atoms with E-state index < -0.39 is 12.0 Å². The van der Waals surface area contributed by atoms with E-state index in [1.165, 1.54) is 0 Å². The van der Waals surface area contributed by atoms with Crippen LogP contribution in [0, 0.1) is 0 Å². The quantitative estimate of drug-likeness (QED) is 0.835. The second-order valence-electron chi connectivity index (χ2n) is 6.39. The van der Waals surface area contributed by atoms with Gasteiger partial charge >= 0.3 is 5.97 Å². The number of benzene rings is 2. The van der Waals surface area contributed by atoms with Crippen LogP contribution in [0.4, 0.5) is 0 Å². The third-order valence-electron chi connectivity index (χ3n) is 4.90. The van der Waals surface area contributed by atoms with Gasteiger partial charge in [-0.05, 0) is 42.2 Å². The number of hydrogen-bond donors (Lipinski definition) is 1. The molecule has 0 aliphatic carbocycles. The zero-order valence-corrected chi connectivity index (χ0v) is 15.3. The molecule has 0 spiro atoms. The lowest BCUT2D eigenvalue weighted by Gasteiger charge is -2.32. The Morgan fingerprint density at radius 3 is 2.81 bits per heavy atom. The Hall–Kier alpha value is -1.95. The normalized spacial score (nSPS) is 20.3. The number of fused-ring (bicyclic) bond motifs is 1.